The maximum absolute atomic E-state index is 14.7. The van der Waals surface area contributed by atoms with Gasteiger partial charge in [-0.15, -0.1) is 0 Å². The second-order valence-corrected chi connectivity index (χ2v) is 10.4. The Morgan fingerprint density at radius 3 is 2.53 bits per heavy atom. The van der Waals surface area contributed by atoms with Crippen molar-refractivity contribution >= 4 is 23.6 Å². The van der Waals surface area contributed by atoms with Crippen LogP contribution < -0.4 is 5.32 Å². The molecule has 1 saturated heterocycles. The second kappa shape index (κ2) is 9.54. The Balaban J connectivity index is 1.50. The molecule has 34 heavy (non-hydrogen) atoms. The first-order chi connectivity index (χ1) is 16.0. The van der Waals surface area contributed by atoms with E-state index < -0.39 is 11.4 Å². The third kappa shape index (κ3) is 5.36. The standard InChI is InChI=1S/C24H31ClFN5O3/c1-24(2,3)34-23(33)30-9-7-16(8-10-30)27-22(32)20-19-14-29(4)11-12-31(19)21(28-20)17-6-5-15(25)13-18(17)26/h5-6,13,16H,7-12,14H2,1-4H3,(H,27,32). The van der Waals surface area contributed by atoms with E-state index in [0.29, 0.717) is 61.1 Å². The molecule has 184 valence electrons. The minimum Gasteiger partial charge on any atom is -0.444 e. The zero-order chi connectivity index (χ0) is 24.6. The Morgan fingerprint density at radius 1 is 1.18 bits per heavy atom. The molecule has 10 heteroatoms. The summed E-state index contributed by atoms with van der Waals surface area (Å²) < 4.78 is 22.0. The number of aromatic nitrogens is 2. The van der Waals surface area contributed by atoms with Gasteiger partial charge < -0.3 is 19.5 Å². The Hall–Kier alpha value is -2.65. The monoisotopic (exact) mass is 491 g/mol. The van der Waals surface area contributed by atoms with Crippen LogP contribution in [0, 0.1) is 5.82 Å². The summed E-state index contributed by atoms with van der Waals surface area (Å²) in [5.41, 5.74) is 0.851. The summed E-state index contributed by atoms with van der Waals surface area (Å²) >= 11 is 5.92. The zero-order valence-corrected chi connectivity index (χ0v) is 20.8. The average Bonchev–Trinajstić information content (AvgIpc) is 3.11. The average molecular weight is 492 g/mol. The minimum atomic E-state index is -0.545. The minimum absolute atomic E-state index is 0.0828. The van der Waals surface area contributed by atoms with Crippen molar-refractivity contribution in [3.05, 3.63) is 40.4 Å². The molecular formula is C24H31ClFN5O3. The van der Waals surface area contributed by atoms with Crippen LogP contribution in [0.25, 0.3) is 11.4 Å². The third-order valence-corrected chi connectivity index (χ3v) is 6.30. The number of amides is 2. The van der Waals surface area contributed by atoms with Gasteiger partial charge >= 0.3 is 6.09 Å². The number of halogens is 2. The van der Waals surface area contributed by atoms with E-state index in [9.17, 15) is 14.0 Å². The molecule has 1 fully saturated rings. The number of ether oxygens (including phenoxy) is 1. The summed E-state index contributed by atoms with van der Waals surface area (Å²) in [6.45, 7) is 8.45. The van der Waals surface area contributed by atoms with Gasteiger partial charge in [0.05, 0.1) is 11.3 Å². The number of nitrogens with zero attached hydrogens (tertiary/aromatic N) is 4. The summed E-state index contributed by atoms with van der Waals surface area (Å²) in [6, 6.07) is 4.39. The lowest BCUT2D eigenvalue weighted by Gasteiger charge is -2.33. The van der Waals surface area contributed by atoms with Crippen molar-refractivity contribution in [1.29, 1.82) is 0 Å². The summed E-state index contributed by atoms with van der Waals surface area (Å²) in [5.74, 6) is -0.321. The molecule has 2 amide bonds. The molecule has 2 aromatic rings. The Kier molecular flexibility index (Phi) is 6.87. The lowest BCUT2D eigenvalue weighted by atomic mass is 10.0. The van der Waals surface area contributed by atoms with E-state index >= 15 is 0 Å². The van der Waals surface area contributed by atoms with E-state index in [0.717, 1.165) is 12.2 Å². The van der Waals surface area contributed by atoms with Gasteiger partial charge in [0.15, 0.2) is 5.69 Å². The van der Waals surface area contributed by atoms with E-state index in [-0.39, 0.29) is 18.0 Å². The highest BCUT2D eigenvalue weighted by molar-refractivity contribution is 6.30. The maximum Gasteiger partial charge on any atom is 0.410 e. The van der Waals surface area contributed by atoms with Crippen molar-refractivity contribution in [3.63, 3.8) is 0 Å². The van der Waals surface area contributed by atoms with E-state index in [2.05, 4.69) is 15.2 Å². The van der Waals surface area contributed by atoms with Gasteiger partial charge in [-0.1, -0.05) is 11.6 Å². The lowest BCUT2D eigenvalue weighted by Crippen LogP contribution is -2.48. The molecule has 0 radical (unpaired) electrons. The fourth-order valence-electron chi connectivity index (χ4n) is 4.34. The molecule has 1 aromatic carbocycles. The first kappa shape index (κ1) is 24.5. The first-order valence-corrected chi connectivity index (χ1v) is 11.9. The van der Waals surface area contributed by atoms with Gasteiger partial charge in [-0.05, 0) is 58.9 Å². The quantitative estimate of drug-likeness (QED) is 0.704. The molecule has 1 aromatic heterocycles. The van der Waals surface area contributed by atoms with Crippen molar-refractivity contribution in [2.75, 3.05) is 26.7 Å². The zero-order valence-electron chi connectivity index (χ0n) is 20.0. The van der Waals surface area contributed by atoms with Gasteiger partial charge in [0, 0.05) is 43.8 Å². The van der Waals surface area contributed by atoms with E-state index in [1.165, 1.54) is 6.07 Å². The van der Waals surface area contributed by atoms with Gasteiger partial charge in [-0.3, -0.25) is 9.69 Å². The molecule has 0 aliphatic carbocycles. The summed E-state index contributed by atoms with van der Waals surface area (Å²) in [4.78, 5) is 33.9. The molecule has 8 nitrogen and oxygen atoms in total. The molecule has 4 rings (SSSR count). The van der Waals surface area contributed by atoms with Crippen LogP contribution in [0.2, 0.25) is 5.02 Å². The number of likely N-dealkylation sites (N-methyl/N-ethyl adjacent to an activating group) is 1. The fraction of sp³-hybridized carbons (Fsp3) is 0.542. The number of piperidine rings is 1. The van der Waals surface area contributed by atoms with Gasteiger partial charge in [-0.25, -0.2) is 14.2 Å². The molecule has 0 spiro atoms. The van der Waals surface area contributed by atoms with E-state index in [1.54, 1.807) is 17.0 Å². The molecule has 0 bridgehead atoms. The number of carbonyl (C=O) groups excluding carboxylic acids is 2. The van der Waals surface area contributed by atoms with Crippen molar-refractivity contribution in [3.8, 4) is 11.4 Å². The molecule has 0 saturated carbocycles. The summed E-state index contributed by atoms with van der Waals surface area (Å²) in [5, 5.41) is 3.38. The number of nitrogens with one attached hydrogen (secondary N) is 1. The van der Waals surface area contributed by atoms with Crippen LogP contribution in [-0.2, 0) is 17.8 Å². The maximum atomic E-state index is 14.7. The highest BCUT2D eigenvalue weighted by Crippen LogP contribution is 2.29. The SMILES string of the molecule is CN1CCn2c(-c3ccc(Cl)cc3F)nc(C(=O)NC3CCN(C(=O)OC(C)(C)C)CC3)c2C1. The van der Waals surface area contributed by atoms with Gasteiger partial charge in [0.2, 0.25) is 0 Å². The largest absolute Gasteiger partial charge is 0.444 e. The van der Waals surface area contributed by atoms with Crippen LogP contribution >= 0.6 is 11.6 Å². The number of hydrogen-bond donors (Lipinski definition) is 1. The highest BCUT2D eigenvalue weighted by Gasteiger charge is 2.31. The molecule has 1 N–H and O–H groups in total. The Bertz CT molecular complexity index is 1090. The van der Waals surface area contributed by atoms with Crippen molar-refractivity contribution in [2.24, 2.45) is 0 Å². The van der Waals surface area contributed by atoms with Crippen LogP contribution in [0.4, 0.5) is 9.18 Å². The predicted molar refractivity (Wildman–Crippen MR) is 127 cm³/mol. The third-order valence-electron chi connectivity index (χ3n) is 6.07. The number of imidazole rings is 1. The second-order valence-electron chi connectivity index (χ2n) is 9.96. The molecule has 2 aliphatic heterocycles. The Morgan fingerprint density at radius 2 is 1.88 bits per heavy atom. The summed E-state index contributed by atoms with van der Waals surface area (Å²) in [7, 11) is 1.98. The van der Waals surface area contributed by atoms with Gasteiger partial charge in [-0.2, -0.15) is 0 Å². The van der Waals surface area contributed by atoms with Gasteiger partial charge in [0.1, 0.15) is 17.2 Å². The van der Waals surface area contributed by atoms with E-state index in [1.807, 2.05) is 32.4 Å². The predicted octanol–water partition coefficient (Wildman–Crippen LogP) is 3.92. The summed E-state index contributed by atoms with van der Waals surface area (Å²) in [6.07, 6.45) is 0.914. The first-order valence-electron chi connectivity index (χ1n) is 11.5. The number of fused-ring (bicyclic) bond motifs is 1. The highest BCUT2D eigenvalue weighted by atomic mass is 35.5. The number of benzene rings is 1. The molecule has 0 unspecified atom stereocenters. The molecule has 2 aliphatic rings. The fourth-order valence-corrected chi connectivity index (χ4v) is 4.50. The van der Waals surface area contributed by atoms with Crippen LogP contribution in [0.1, 0.15) is 49.8 Å². The molecule has 0 atom stereocenters. The number of rotatable bonds is 3. The van der Waals surface area contributed by atoms with Crippen LogP contribution in [0.15, 0.2) is 18.2 Å². The van der Waals surface area contributed by atoms with Crippen LogP contribution in [0.3, 0.4) is 0 Å². The van der Waals surface area contributed by atoms with Crippen LogP contribution in [0.5, 0.6) is 0 Å². The normalized spacial score (nSPS) is 17.4. The Labute approximate surface area is 204 Å². The van der Waals surface area contributed by atoms with Gasteiger partial charge in [0.25, 0.3) is 5.91 Å². The molecular weight excluding hydrogens is 461 g/mol. The van der Waals surface area contributed by atoms with Crippen LogP contribution in [-0.4, -0.2) is 69.7 Å². The topological polar surface area (TPSA) is 79.7 Å². The number of carbonyl (C=O) groups is 2. The molecule has 3 heterocycles. The number of likely N-dealkylation sites (tertiary alicyclic amines) is 1. The van der Waals surface area contributed by atoms with Crippen molar-refractivity contribution in [2.45, 2.75) is 58.3 Å². The van der Waals surface area contributed by atoms with E-state index in [4.69, 9.17) is 16.3 Å². The van der Waals surface area contributed by atoms with Crippen molar-refractivity contribution in [1.82, 2.24) is 24.7 Å². The lowest BCUT2D eigenvalue weighted by molar-refractivity contribution is 0.0199. The smallest absolute Gasteiger partial charge is 0.410 e. The van der Waals surface area contributed by atoms with Crippen molar-refractivity contribution < 1.29 is 18.7 Å². The number of hydrogen-bond acceptors (Lipinski definition) is 5.